The lowest BCUT2D eigenvalue weighted by Crippen LogP contribution is -2.23. The van der Waals surface area contributed by atoms with Crippen LogP contribution < -0.4 is 25.0 Å². The lowest BCUT2D eigenvalue weighted by molar-refractivity contribution is 0.355. The molecule has 0 aliphatic carbocycles. The summed E-state index contributed by atoms with van der Waals surface area (Å²) in [6.07, 6.45) is 1.53. The van der Waals surface area contributed by atoms with Crippen molar-refractivity contribution in [2.45, 2.75) is 0 Å². The third-order valence-electron chi connectivity index (χ3n) is 3.22. The quantitative estimate of drug-likeness (QED) is 0.414. The van der Waals surface area contributed by atoms with Gasteiger partial charge in [-0.05, 0) is 48.1 Å². The monoisotopic (exact) mass is 361 g/mol. The Morgan fingerprint density at radius 1 is 1.00 bits per heavy atom. The summed E-state index contributed by atoms with van der Waals surface area (Å²) in [4.78, 5) is 0. The molecule has 0 saturated heterocycles. The van der Waals surface area contributed by atoms with Crippen molar-refractivity contribution < 1.29 is 19.3 Å². The highest BCUT2D eigenvalue weighted by Gasteiger charge is 2.05. The van der Waals surface area contributed by atoms with Gasteiger partial charge in [-0.25, -0.2) is 0 Å². The number of hydrogen-bond donors (Lipinski definition) is 3. The van der Waals surface area contributed by atoms with E-state index in [4.69, 9.17) is 26.4 Å². The molecule has 0 spiro atoms. The highest BCUT2D eigenvalue weighted by molar-refractivity contribution is 7.80. The van der Waals surface area contributed by atoms with Crippen molar-refractivity contribution in [2.75, 3.05) is 26.6 Å². The first-order valence-corrected chi connectivity index (χ1v) is 7.67. The number of thiocarbonyl (C=S) groups is 1. The molecule has 0 unspecified atom stereocenters. The molecule has 0 bridgehead atoms. The fraction of sp³-hybridized carbons (Fsp3) is 0.176. The Balaban J connectivity index is 1.95. The number of rotatable bonds is 6. The summed E-state index contributed by atoms with van der Waals surface area (Å²) in [7, 11) is 4.62. The second kappa shape index (κ2) is 8.74. The maximum atomic E-state index is 9.72. The predicted octanol–water partition coefficient (Wildman–Crippen LogP) is 2.74. The van der Waals surface area contributed by atoms with Gasteiger partial charge in [-0.1, -0.05) is 0 Å². The van der Waals surface area contributed by atoms with Crippen molar-refractivity contribution in [3.05, 3.63) is 42.0 Å². The van der Waals surface area contributed by atoms with E-state index >= 15 is 0 Å². The Morgan fingerprint density at radius 3 is 2.32 bits per heavy atom. The van der Waals surface area contributed by atoms with E-state index in [0.29, 0.717) is 27.9 Å². The second-order valence-corrected chi connectivity index (χ2v) is 5.23. The van der Waals surface area contributed by atoms with E-state index in [2.05, 4.69) is 15.8 Å². The van der Waals surface area contributed by atoms with E-state index in [-0.39, 0.29) is 5.75 Å². The Bertz CT molecular complexity index is 780. The van der Waals surface area contributed by atoms with Gasteiger partial charge in [0.1, 0.15) is 0 Å². The topological polar surface area (TPSA) is 84.3 Å². The van der Waals surface area contributed by atoms with Crippen LogP contribution in [0.4, 0.5) is 5.69 Å². The Hall–Kier alpha value is -3.00. The highest BCUT2D eigenvalue weighted by atomic mass is 32.1. The van der Waals surface area contributed by atoms with Gasteiger partial charge in [0.05, 0.1) is 27.5 Å². The van der Waals surface area contributed by atoms with E-state index in [9.17, 15) is 5.11 Å². The zero-order valence-corrected chi connectivity index (χ0v) is 14.9. The second-order valence-electron chi connectivity index (χ2n) is 4.83. The first-order valence-electron chi connectivity index (χ1n) is 7.26. The van der Waals surface area contributed by atoms with Crippen LogP contribution in [-0.4, -0.2) is 37.8 Å². The van der Waals surface area contributed by atoms with Crippen LogP contribution in [0.3, 0.4) is 0 Å². The third kappa shape index (κ3) is 4.98. The Kier molecular flexibility index (Phi) is 6.41. The summed E-state index contributed by atoms with van der Waals surface area (Å²) in [5.74, 6) is 1.66. The molecule has 0 saturated carbocycles. The average Bonchev–Trinajstić information content (AvgIpc) is 2.61. The largest absolute Gasteiger partial charge is 0.504 e. The number of ether oxygens (including phenoxy) is 3. The molecule has 0 amide bonds. The van der Waals surface area contributed by atoms with Crippen LogP contribution in [0.5, 0.6) is 23.0 Å². The van der Waals surface area contributed by atoms with Crippen molar-refractivity contribution in [1.29, 1.82) is 0 Å². The van der Waals surface area contributed by atoms with Crippen molar-refractivity contribution in [2.24, 2.45) is 5.10 Å². The summed E-state index contributed by atoms with van der Waals surface area (Å²) < 4.78 is 15.4. The van der Waals surface area contributed by atoms with Gasteiger partial charge in [0.15, 0.2) is 28.1 Å². The number of anilines is 1. The molecule has 2 aromatic rings. The van der Waals surface area contributed by atoms with Crippen molar-refractivity contribution in [1.82, 2.24) is 5.43 Å². The van der Waals surface area contributed by atoms with Gasteiger partial charge >= 0.3 is 0 Å². The van der Waals surface area contributed by atoms with Gasteiger partial charge in [0.2, 0.25) is 0 Å². The first-order chi connectivity index (χ1) is 12.1. The van der Waals surface area contributed by atoms with Crippen LogP contribution >= 0.6 is 12.2 Å². The average molecular weight is 361 g/mol. The van der Waals surface area contributed by atoms with Gasteiger partial charge in [0.25, 0.3) is 0 Å². The van der Waals surface area contributed by atoms with E-state index < -0.39 is 0 Å². The SMILES string of the molecule is COc1ccc(/C=N\NC(=S)Nc2ccc(OC)c(OC)c2)cc1O. The Morgan fingerprint density at radius 2 is 1.68 bits per heavy atom. The van der Waals surface area contributed by atoms with Gasteiger partial charge in [-0.3, -0.25) is 5.43 Å². The van der Waals surface area contributed by atoms with Crippen LogP contribution in [0.1, 0.15) is 5.56 Å². The van der Waals surface area contributed by atoms with Crippen LogP contribution in [-0.2, 0) is 0 Å². The number of phenols is 1. The number of methoxy groups -OCH3 is 3. The fourth-order valence-electron chi connectivity index (χ4n) is 2.03. The van der Waals surface area contributed by atoms with Gasteiger partial charge in [-0.2, -0.15) is 5.10 Å². The molecule has 8 heteroatoms. The minimum Gasteiger partial charge on any atom is -0.504 e. The molecule has 3 N–H and O–H groups in total. The van der Waals surface area contributed by atoms with Crippen LogP contribution in [0.2, 0.25) is 0 Å². The molecule has 0 radical (unpaired) electrons. The molecule has 132 valence electrons. The lowest BCUT2D eigenvalue weighted by Gasteiger charge is -2.11. The number of aromatic hydroxyl groups is 1. The minimum atomic E-state index is 0.0393. The zero-order valence-electron chi connectivity index (χ0n) is 14.1. The predicted molar refractivity (Wildman–Crippen MR) is 101 cm³/mol. The normalized spacial score (nSPS) is 10.4. The number of hydrazone groups is 1. The molecule has 7 nitrogen and oxygen atoms in total. The van der Waals surface area contributed by atoms with E-state index in [1.54, 1.807) is 44.6 Å². The molecular formula is C17H19N3O4S. The summed E-state index contributed by atoms with van der Waals surface area (Å²) >= 11 is 5.18. The molecule has 0 atom stereocenters. The lowest BCUT2D eigenvalue weighted by atomic mass is 10.2. The molecule has 0 aromatic heterocycles. The van der Waals surface area contributed by atoms with Crippen molar-refractivity contribution >= 4 is 29.2 Å². The fourth-order valence-corrected chi connectivity index (χ4v) is 2.20. The summed E-state index contributed by atoms with van der Waals surface area (Å²) in [6, 6.07) is 10.3. The molecule has 0 aliphatic heterocycles. The molecule has 2 aromatic carbocycles. The summed E-state index contributed by atoms with van der Waals surface area (Å²) in [5.41, 5.74) is 4.12. The van der Waals surface area contributed by atoms with E-state index in [1.807, 2.05) is 0 Å². The maximum absolute atomic E-state index is 9.72. The van der Waals surface area contributed by atoms with Gasteiger partial charge < -0.3 is 24.6 Å². The molecule has 0 heterocycles. The third-order valence-corrected chi connectivity index (χ3v) is 3.42. The number of phenolic OH excluding ortho intramolecular Hbond substituents is 1. The number of benzene rings is 2. The highest BCUT2D eigenvalue weighted by Crippen LogP contribution is 2.29. The molecule has 0 fully saturated rings. The molecule has 2 rings (SSSR count). The minimum absolute atomic E-state index is 0.0393. The molecule has 25 heavy (non-hydrogen) atoms. The van der Waals surface area contributed by atoms with E-state index in [0.717, 1.165) is 5.69 Å². The maximum Gasteiger partial charge on any atom is 0.191 e. The standard InChI is InChI=1S/C17H19N3O4S/c1-22-14-6-4-11(8-13(14)21)10-18-20-17(25)19-12-5-7-15(23-2)16(9-12)24-3/h4-10,21H,1-3H3,(H2,19,20,25)/b18-10-. The van der Waals surface area contributed by atoms with E-state index in [1.165, 1.54) is 19.4 Å². The van der Waals surface area contributed by atoms with Gasteiger partial charge in [-0.15, -0.1) is 0 Å². The molecular weight excluding hydrogens is 342 g/mol. The van der Waals surface area contributed by atoms with Crippen molar-refractivity contribution in [3.8, 4) is 23.0 Å². The number of hydrogen-bond acceptors (Lipinski definition) is 6. The first kappa shape index (κ1) is 18.3. The van der Waals surface area contributed by atoms with Gasteiger partial charge in [0, 0.05) is 11.8 Å². The Labute approximate surface area is 151 Å². The van der Waals surface area contributed by atoms with Crippen LogP contribution in [0, 0.1) is 0 Å². The summed E-state index contributed by atoms with van der Waals surface area (Å²) in [6.45, 7) is 0. The number of nitrogens with one attached hydrogen (secondary N) is 2. The molecule has 0 aliphatic rings. The van der Waals surface area contributed by atoms with Crippen molar-refractivity contribution in [3.63, 3.8) is 0 Å². The smallest absolute Gasteiger partial charge is 0.191 e. The summed E-state index contributed by atoms with van der Waals surface area (Å²) in [5, 5.41) is 17.0. The van der Waals surface area contributed by atoms with Crippen LogP contribution in [0.25, 0.3) is 0 Å². The number of nitrogens with zero attached hydrogens (tertiary/aromatic N) is 1. The zero-order chi connectivity index (χ0) is 18.2. The van der Waals surface area contributed by atoms with Crippen LogP contribution in [0.15, 0.2) is 41.5 Å².